The lowest BCUT2D eigenvalue weighted by atomic mass is 10.1. The molecule has 0 atom stereocenters. The molecule has 2 aromatic rings. The zero-order valence-corrected chi connectivity index (χ0v) is 11.4. The molecule has 0 spiro atoms. The minimum Gasteiger partial charge on any atom is -0.309 e. The highest BCUT2D eigenvalue weighted by Crippen LogP contribution is 2.35. The second-order valence-electron chi connectivity index (χ2n) is 4.06. The van der Waals surface area contributed by atoms with E-state index in [0.717, 1.165) is 23.9 Å². The highest BCUT2D eigenvalue weighted by Gasteiger charge is 2.33. The molecule has 0 amide bonds. The van der Waals surface area contributed by atoms with Gasteiger partial charge in [0.1, 0.15) is 5.82 Å². The summed E-state index contributed by atoms with van der Waals surface area (Å²) in [7, 11) is 1.72. The fourth-order valence-corrected chi connectivity index (χ4v) is 2.40. The zero-order valence-electron chi connectivity index (χ0n) is 10.6. The second-order valence-corrected chi connectivity index (χ2v) is 5.10. The highest BCUT2D eigenvalue weighted by molar-refractivity contribution is 7.99. The van der Waals surface area contributed by atoms with E-state index in [1.807, 2.05) is 0 Å². The van der Waals surface area contributed by atoms with E-state index in [1.165, 1.54) is 6.07 Å². The summed E-state index contributed by atoms with van der Waals surface area (Å²) < 4.78 is 40.2. The second kappa shape index (κ2) is 5.28. The van der Waals surface area contributed by atoms with Gasteiger partial charge >= 0.3 is 6.18 Å². The van der Waals surface area contributed by atoms with Crippen LogP contribution in [0.5, 0.6) is 0 Å². The molecule has 0 aliphatic rings. The maximum Gasteiger partial charge on any atom is 0.417 e. The average molecular weight is 301 g/mol. The number of hydrogen-bond donors (Lipinski definition) is 0. The summed E-state index contributed by atoms with van der Waals surface area (Å²) in [5.41, 5.74) is -1.33. The minimum atomic E-state index is -4.57. The quantitative estimate of drug-likeness (QED) is 0.817. The van der Waals surface area contributed by atoms with Crippen molar-refractivity contribution in [2.24, 2.45) is 7.05 Å². The maximum atomic E-state index is 12.8. The third-order valence-electron chi connectivity index (χ3n) is 2.72. The van der Waals surface area contributed by atoms with Crippen molar-refractivity contribution in [2.45, 2.75) is 23.2 Å². The molecule has 0 fully saturated rings. The van der Waals surface area contributed by atoms with Crippen LogP contribution in [-0.4, -0.2) is 21.1 Å². The molecule has 1 aromatic carbocycles. The number of aryl methyl sites for hydroxylation is 1. The Balaban J connectivity index is 2.39. The molecule has 1 aromatic heterocycles. The van der Waals surface area contributed by atoms with Gasteiger partial charge in [-0.05, 0) is 36.9 Å². The van der Waals surface area contributed by atoms with Gasteiger partial charge in [0.05, 0.1) is 5.56 Å². The molecule has 0 N–H and O–H groups in total. The molecule has 8 heteroatoms. The number of rotatable bonds is 3. The summed E-state index contributed by atoms with van der Waals surface area (Å²) in [5, 5.41) is 8.18. The zero-order chi connectivity index (χ0) is 14.9. The van der Waals surface area contributed by atoms with Gasteiger partial charge in [-0.1, -0.05) is 0 Å². The minimum absolute atomic E-state index is 0.198. The van der Waals surface area contributed by atoms with Crippen molar-refractivity contribution < 1.29 is 18.0 Å². The van der Waals surface area contributed by atoms with Gasteiger partial charge in [-0.15, -0.1) is 10.2 Å². The average Bonchev–Trinajstić information content (AvgIpc) is 2.70. The van der Waals surface area contributed by atoms with Crippen molar-refractivity contribution in [3.05, 3.63) is 35.2 Å². The van der Waals surface area contributed by atoms with Gasteiger partial charge in [0.25, 0.3) is 0 Å². The van der Waals surface area contributed by atoms with Gasteiger partial charge in [0.15, 0.2) is 11.4 Å². The first-order chi connectivity index (χ1) is 9.32. The number of halogens is 3. The molecule has 0 bridgehead atoms. The van der Waals surface area contributed by atoms with Crippen molar-refractivity contribution in [1.82, 2.24) is 14.8 Å². The van der Waals surface area contributed by atoms with Crippen LogP contribution < -0.4 is 0 Å². The Morgan fingerprint density at radius 1 is 1.30 bits per heavy atom. The lowest BCUT2D eigenvalue weighted by molar-refractivity contribution is -0.138. The van der Waals surface area contributed by atoms with Crippen molar-refractivity contribution in [1.29, 1.82) is 0 Å². The van der Waals surface area contributed by atoms with Crippen LogP contribution in [0.25, 0.3) is 0 Å². The maximum absolute atomic E-state index is 12.8. The van der Waals surface area contributed by atoms with Crippen LogP contribution in [0.3, 0.4) is 0 Å². The van der Waals surface area contributed by atoms with Gasteiger partial charge in [-0.25, -0.2) is 0 Å². The van der Waals surface area contributed by atoms with Crippen LogP contribution >= 0.6 is 11.8 Å². The molecule has 106 valence electrons. The first kappa shape index (κ1) is 14.6. The van der Waals surface area contributed by atoms with E-state index in [-0.39, 0.29) is 11.8 Å². The molecular weight excluding hydrogens is 291 g/mol. The van der Waals surface area contributed by atoms with Crippen molar-refractivity contribution >= 4 is 18.0 Å². The molecule has 0 unspecified atom stereocenters. The van der Waals surface area contributed by atoms with E-state index in [1.54, 1.807) is 18.5 Å². The van der Waals surface area contributed by atoms with E-state index < -0.39 is 11.7 Å². The fraction of sp³-hybridized carbons (Fsp3) is 0.250. The van der Waals surface area contributed by atoms with Crippen LogP contribution in [-0.2, 0) is 13.2 Å². The van der Waals surface area contributed by atoms with E-state index in [4.69, 9.17) is 0 Å². The number of hydrogen-bond acceptors (Lipinski definition) is 4. The molecule has 0 saturated carbocycles. The van der Waals surface area contributed by atoms with Gasteiger partial charge in [-0.3, -0.25) is 4.79 Å². The van der Waals surface area contributed by atoms with Gasteiger partial charge in [0, 0.05) is 17.5 Å². The Kier molecular flexibility index (Phi) is 3.85. The number of carbonyl (C=O) groups is 1. The SMILES string of the molecule is Cc1nnc(Sc2ccc(C=O)c(C(F)(F)F)c2)n1C. The van der Waals surface area contributed by atoms with Crippen molar-refractivity contribution in [2.75, 3.05) is 0 Å². The standard InChI is InChI=1S/C12H10F3N3OS/c1-7-16-17-11(18(7)2)20-9-4-3-8(6-19)10(5-9)12(13,14)15/h3-6H,1-2H3. The molecule has 4 nitrogen and oxygen atoms in total. The Labute approximate surface area is 117 Å². The molecule has 1 heterocycles. The van der Waals surface area contributed by atoms with Crippen LogP contribution in [0, 0.1) is 6.92 Å². The molecule has 2 rings (SSSR count). The molecule has 0 saturated heterocycles. The molecule has 0 aliphatic heterocycles. The Morgan fingerprint density at radius 2 is 2.00 bits per heavy atom. The van der Waals surface area contributed by atoms with E-state index in [2.05, 4.69) is 10.2 Å². The lowest BCUT2D eigenvalue weighted by Gasteiger charge is -2.11. The summed E-state index contributed by atoms with van der Waals surface area (Å²) in [6.07, 6.45) is -4.37. The predicted octanol–water partition coefficient (Wildman–Crippen LogP) is 3.11. The van der Waals surface area contributed by atoms with E-state index in [0.29, 0.717) is 15.9 Å². The molecule has 0 aliphatic carbocycles. The first-order valence-electron chi connectivity index (χ1n) is 5.53. The summed E-state index contributed by atoms with van der Waals surface area (Å²) in [5.74, 6) is 0.660. The lowest BCUT2D eigenvalue weighted by Crippen LogP contribution is -2.09. The fourth-order valence-electron chi connectivity index (χ4n) is 1.53. The number of carbonyl (C=O) groups excluding carboxylic acids is 1. The Morgan fingerprint density at radius 3 is 2.50 bits per heavy atom. The Bertz CT molecular complexity index is 652. The van der Waals surface area contributed by atoms with Crippen LogP contribution in [0.1, 0.15) is 21.7 Å². The largest absolute Gasteiger partial charge is 0.417 e. The van der Waals surface area contributed by atoms with Crippen LogP contribution in [0.2, 0.25) is 0 Å². The molecule has 20 heavy (non-hydrogen) atoms. The number of aromatic nitrogens is 3. The van der Waals surface area contributed by atoms with Crippen molar-refractivity contribution in [3.8, 4) is 0 Å². The van der Waals surface area contributed by atoms with Gasteiger partial charge in [0.2, 0.25) is 0 Å². The van der Waals surface area contributed by atoms with Gasteiger partial charge in [-0.2, -0.15) is 13.2 Å². The number of benzene rings is 1. The van der Waals surface area contributed by atoms with Crippen LogP contribution in [0.15, 0.2) is 28.3 Å². The first-order valence-corrected chi connectivity index (χ1v) is 6.35. The Hall–Kier alpha value is -1.83. The highest BCUT2D eigenvalue weighted by atomic mass is 32.2. The van der Waals surface area contributed by atoms with Gasteiger partial charge < -0.3 is 4.57 Å². The number of alkyl halides is 3. The monoisotopic (exact) mass is 301 g/mol. The topological polar surface area (TPSA) is 47.8 Å². The normalized spacial score (nSPS) is 11.7. The number of aldehydes is 1. The predicted molar refractivity (Wildman–Crippen MR) is 66.7 cm³/mol. The van der Waals surface area contributed by atoms with E-state index in [9.17, 15) is 18.0 Å². The van der Waals surface area contributed by atoms with E-state index >= 15 is 0 Å². The third-order valence-corrected chi connectivity index (χ3v) is 3.75. The summed E-state index contributed by atoms with van der Waals surface area (Å²) >= 11 is 1.06. The molecule has 0 radical (unpaired) electrons. The number of nitrogens with zero attached hydrogens (tertiary/aromatic N) is 3. The molecular formula is C12H10F3N3OS. The third kappa shape index (κ3) is 2.84. The van der Waals surface area contributed by atoms with Crippen LogP contribution in [0.4, 0.5) is 13.2 Å². The summed E-state index contributed by atoms with van der Waals surface area (Å²) in [6, 6.07) is 3.55. The summed E-state index contributed by atoms with van der Waals surface area (Å²) in [6.45, 7) is 1.74. The summed E-state index contributed by atoms with van der Waals surface area (Å²) in [4.78, 5) is 11.0. The van der Waals surface area contributed by atoms with Crippen molar-refractivity contribution in [3.63, 3.8) is 0 Å². The smallest absolute Gasteiger partial charge is 0.309 e.